The molecule has 0 aliphatic carbocycles. The number of sulfone groups is 2. The summed E-state index contributed by atoms with van der Waals surface area (Å²) in [5.74, 6) is 0. The number of hydrogen-bond acceptors (Lipinski definition) is 4. The zero-order valence-electron chi connectivity index (χ0n) is 5.23. The Morgan fingerprint density at radius 3 is 1.90 bits per heavy atom. The molecule has 1 heterocycles. The lowest BCUT2D eigenvalue weighted by Gasteiger charge is -1.87. The first-order valence-electron chi connectivity index (χ1n) is 2.47. The van der Waals surface area contributed by atoms with Crippen LogP contribution in [0.4, 0.5) is 0 Å². The zero-order valence-corrected chi connectivity index (χ0v) is 6.87. The van der Waals surface area contributed by atoms with Gasteiger partial charge in [0.2, 0.25) is 0 Å². The molecule has 0 unspecified atom stereocenters. The minimum absolute atomic E-state index is 0.0625. The molecular weight excluding hydrogens is 176 g/mol. The predicted molar refractivity (Wildman–Crippen MR) is 36.5 cm³/mol. The van der Waals surface area contributed by atoms with Crippen LogP contribution in [0.1, 0.15) is 6.92 Å². The molecule has 1 rings (SSSR count). The largest absolute Gasteiger partial charge is 0.223 e. The standard InChI is InChI=1S/C4H6O4S2/c1-4-2-9(5,6)3-10(4,7)8/h2H,3H2,1H3. The maximum atomic E-state index is 10.7. The third-order valence-corrected chi connectivity index (χ3v) is 5.67. The summed E-state index contributed by atoms with van der Waals surface area (Å²) >= 11 is 0. The molecule has 0 aromatic carbocycles. The quantitative estimate of drug-likeness (QED) is 0.513. The van der Waals surface area contributed by atoms with Gasteiger partial charge in [-0.1, -0.05) is 0 Å². The number of hydrogen-bond donors (Lipinski definition) is 0. The van der Waals surface area contributed by atoms with Crippen molar-refractivity contribution in [2.45, 2.75) is 6.92 Å². The Balaban J connectivity index is 3.40. The molecule has 0 amide bonds. The van der Waals surface area contributed by atoms with E-state index in [0.717, 1.165) is 5.41 Å². The molecule has 1 aliphatic rings. The van der Waals surface area contributed by atoms with Crippen molar-refractivity contribution in [3.63, 3.8) is 0 Å². The van der Waals surface area contributed by atoms with Gasteiger partial charge in [0, 0.05) is 5.41 Å². The summed E-state index contributed by atoms with van der Waals surface area (Å²) in [4.78, 5) is -0.0625. The average molecular weight is 182 g/mol. The van der Waals surface area contributed by atoms with E-state index < -0.39 is 24.8 Å². The van der Waals surface area contributed by atoms with Crippen molar-refractivity contribution in [2.75, 3.05) is 5.08 Å². The van der Waals surface area contributed by atoms with Crippen LogP contribution >= 0.6 is 0 Å². The van der Waals surface area contributed by atoms with E-state index >= 15 is 0 Å². The molecule has 0 aromatic heterocycles. The lowest BCUT2D eigenvalue weighted by Crippen LogP contribution is -2.05. The molecule has 4 nitrogen and oxygen atoms in total. The van der Waals surface area contributed by atoms with Crippen LogP contribution in [0.15, 0.2) is 10.3 Å². The molecule has 0 bridgehead atoms. The summed E-state index contributed by atoms with van der Waals surface area (Å²) in [5, 5.41) is 0.0359. The fourth-order valence-electron chi connectivity index (χ4n) is 0.669. The Hall–Kier alpha value is -0.360. The molecule has 0 spiro atoms. The first-order valence-corrected chi connectivity index (χ1v) is 5.84. The van der Waals surface area contributed by atoms with Crippen molar-refractivity contribution in [3.05, 3.63) is 10.3 Å². The van der Waals surface area contributed by atoms with Gasteiger partial charge in [-0.15, -0.1) is 0 Å². The van der Waals surface area contributed by atoms with E-state index in [1.807, 2.05) is 0 Å². The fraction of sp³-hybridized carbons (Fsp3) is 0.500. The van der Waals surface area contributed by atoms with Gasteiger partial charge in [0.25, 0.3) is 0 Å². The van der Waals surface area contributed by atoms with E-state index in [-0.39, 0.29) is 4.91 Å². The highest BCUT2D eigenvalue weighted by Gasteiger charge is 2.30. The third kappa shape index (κ3) is 1.22. The van der Waals surface area contributed by atoms with Crippen molar-refractivity contribution in [2.24, 2.45) is 0 Å². The molecule has 10 heavy (non-hydrogen) atoms. The van der Waals surface area contributed by atoms with Crippen LogP contribution in [-0.2, 0) is 19.7 Å². The Kier molecular flexibility index (Phi) is 1.41. The topological polar surface area (TPSA) is 68.3 Å². The van der Waals surface area contributed by atoms with Gasteiger partial charge in [-0.3, -0.25) is 0 Å². The van der Waals surface area contributed by atoms with Crippen LogP contribution < -0.4 is 0 Å². The average Bonchev–Trinajstić information content (AvgIpc) is 1.73. The molecule has 0 atom stereocenters. The molecule has 0 aromatic rings. The predicted octanol–water partition coefficient (Wildman–Crippen LogP) is -0.352. The first-order chi connectivity index (χ1) is 4.33. The summed E-state index contributed by atoms with van der Waals surface area (Å²) in [6.07, 6.45) is 0. The Bertz CT molecular complexity index is 369. The van der Waals surface area contributed by atoms with E-state index in [4.69, 9.17) is 0 Å². The Morgan fingerprint density at radius 2 is 1.80 bits per heavy atom. The first kappa shape index (κ1) is 7.74. The molecule has 0 N–H and O–H groups in total. The Labute approximate surface area is 59.4 Å². The van der Waals surface area contributed by atoms with Gasteiger partial charge in [0.1, 0.15) is 0 Å². The van der Waals surface area contributed by atoms with Crippen LogP contribution in [0.5, 0.6) is 0 Å². The van der Waals surface area contributed by atoms with Gasteiger partial charge >= 0.3 is 0 Å². The van der Waals surface area contributed by atoms with Gasteiger partial charge in [-0.05, 0) is 6.92 Å². The second-order valence-corrected chi connectivity index (χ2v) is 6.50. The summed E-state index contributed by atoms with van der Waals surface area (Å²) in [6.45, 7) is 1.28. The highest BCUT2D eigenvalue weighted by atomic mass is 32.3. The second kappa shape index (κ2) is 1.82. The lowest BCUT2D eigenvalue weighted by atomic mass is 10.8. The van der Waals surface area contributed by atoms with E-state index in [9.17, 15) is 16.8 Å². The lowest BCUT2D eigenvalue weighted by molar-refractivity contribution is 0.600. The maximum Gasteiger partial charge on any atom is 0.189 e. The van der Waals surface area contributed by atoms with Gasteiger partial charge in [0.05, 0.1) is 4.91 Å². The summed E-state index contributed by atoms with van der Waals surface area (Å²) in [7, 11) is -6.91. The molecule has 0 saturated carbocycles. The minimum atomic E-state index is -3.46. The molecule has 1 aliphatic heterocycles. The minimum Gasteiger partial charge on any atom is -0.223 e. The van der Waals surface area contributed by atoms with Crippen molar-refractivity contribution in [1.82, 2.24) is 0 Å². The van der Waals surface area contributed by atoms with Crippen LogP contribution in [0.3, 0.4) is 0 Å². The number of allylic oxidation sites excluding steroid dienone is 1. The van der Waals surface area contributed by atoms with Gasteiger partial charge in [-0.25, -0.2) is 16.8 Å². The van der Waals surface area contributed by atoms with Gasteiger partial charge < -0.3 is 0 Å². The van der Waals surface area contributed by atoms with Crippen molar-refractivity contribution < 1.29 is 16.8 Å². The maximum absolute atomic E-state index is 10.7. The second-order valence-electron chi connectivity index (χ2n) is 2.12. The van der Waals surface area contributed by atoms with E-state index in [0.29, 0.717) is 0 Å². The van der Waals surface area contributed by atoms with Crippen molar-refractivity contribution in [3.8, 4) is 0 Å². The SMILES string of the molecule is CC1=CS(=O)(=O)CS1(=O)=O. The highest BCUT2D eigenvalue weighted by molar-refractivity contribution is 8.14. The van der Waals surface area contributed by atoms with E-state index in [1.165, 1.54) is 6.92 Å². The monoisotopic (exact) mass is 182 g/mol. The van der Waals surface area contributed by atoms with Crippen LogP contribution in [0.25, 0.3) is 0 Å². The Morgan fingerprint density at radius 1 is 1.30 bits per heavy atom. The summed E-state index contributed by atoms with van der Waals surface area (Å²) < 4.78 is 42.7. The van der Waals surface area contributed by atoms with Crippen LogP contribution in [0, 0.1) is 0 Å². The molecule has 0 radical (unpaired) electrons. The van der Waals surface area contributed by atoms with E-state index in [2.05, 4.69) is 0 Å². The van der Waals surface area contributed by atoms with Crippen LogP contribution in [0.2, 0.25) is 0 Å². The third-order valence-electron chi connectivity index (χ3n) is 1.16. The molecule has 0 fully saturated rings. The van der Waals surface area contributed by atoms with Gasteiger partial charge in [0.15, 0.2) is 24.8 Å². The smallest absolute Gasteiger partial charge is 0.189 e. The van der Waals surface area contributed by atoms with Crippen molar-refractivity contribution >= 4 is 19.7 Å². The zero-order chi connectivity index (χ0) is 7.99. The number of rotatable bonds is 0. The van der Waals surface area contributed by atoms with Gasteiger partial charge in [-0.2, -0.15) is 0 Å². The van der Waals surface area contributed by atoms with E-state index in [1.54, 1.807) is 0 Å². The highest BCUT2D eigenvalue weighted by Crippen LogP contribution is 2.19. The summed E-state index contributed by atoms with van der Waals surface area (Å²) in [5.41, 5.74) is 0. The molecular formula is C4H6O4S2. The molecule has 0 saturated heterocycles. The molecule has 6 heteroatoms. The fourth-order valence-corrected chi connectivity index (χ4v) is 4.95. The van der Waals surface area contributed by atoms with Crippen molar-refractivity contribution in [1.29, 1.82) is 0 Å². The molecule has 58 valence electrons. The van der Waals surface area contributed by atoms with Crippen LogP contribution in [-0.4, -0.2) is 21.9 Å². The summed E-state index contributed by atoms with van der Waals surface area (Å²) in [6, 6.07) is 0. The normalized spacial score (nSPS) is 27.9.